The molecule has 0 aliphatic carbocycles. The van der Waals surface area contributed by atoms with Crippen LogP contribution in [0.3, 0.4) is 0 Å². The predicted molar refractivity (Wildman–Crippen MR) is 103 cm³/mol. The fourth-order valence-electron chi connectivity index (χ4n) is 2.76. The van der Waals surface area contributed by atoms with Crippen molar-refractivity contribution in [1.82, 2.24) is 10.3 Å². The lowest BCUT2D eigenvalue weighted by Crippen LogP contribution is -2.28. The summed E-state index contributed by atoms with van der Waals surface area (Å²) in [7, 11) is 0. The zero-order valence-electron chi connectivity index (χ0n) is 16.0. The Balaban J connectivity index is 2.07. The molecule has 0 saturated heterocycles. The number of esters is 1. The first-order valence-corrected chi connectivity index (χ1v) is 9.61. The third-order valence-electron chi connectivity index (χ3n) is 4.08. The molecular formula is C20H26N2O3S. The van der Waals surface area contributed by atoms with Gasteiger partial charge in [0, 0.05) is 6.92 Å². The maximum absolute atomic E-state index is 12.5. The van der Waals surface area contributed by atoms with Crippen molar-refractivity contribution in [2.24, 2.45) is 0 Å². The number of carbonyl (C=O) groups is 2. The van der Waals surface area contributed by atoms with E-state index in [1.807, 2.05) is 45.0 Å². The number of hydrogen-bond donors (Lipinski definition) is 1. The number of hydrogen-bond acceptors (Lipinski definition) is 5. The Morgan fingerprint density at radius 2 is 1.88 bits per heavy atom. The van der Waals surface area contributed by atoms with Crippen molar-refractivity contribution in [1.29, 1.82) is 0 Å². The second-order valence-corrected chi connectivity index (χ2v) is 7.53. The minimum Gasteiger partial charge on any atom is -0.457 e. The molecule has 0 spiro atoms. The van der Waals surface area contributed by atoms with Crippen LogP contribution in [0.1, 0.15) is 66.0 Å². The molecule has 0 bridgehead atoms. The fraction of sp³-hybridized carbons (Fsp3) is 0.450. The van der Waals surface area contributed by atoms with E-state index in [0.717, 1.165) is 33.1 Å². The summed E-state index contributed by atoms with van der Waals surface area (Å²) < 4.78 is 5.61. The van der Waals surface area contributed by atoms with Crippen LogP contribution in [0.4, 0.5) is 0 Å². The second kappa shape index (κ2) is 8.94. The molecule has 0 radical (unpaired) electrons. The van der Waals surface area contributed by atoms with Crippen LogP contribution in [0.2, 0.25) is 0 Å². The van der Waals surface area contributed by atoms with Crippen molar-refractivity contribution in [2.75, 3.05) is 0 Å². The van der Waals surface area contributed by atoms with Gasteiger partial charge in [-0.3, -0.25) is 9.59 Å². The molecule has 0 saturated carbocycles. The lowest BCUT2D eigenvalue weighted by Gasteiger charge is -2.19. The number of thiazole rings is 1. The highest BCUT2D eigenvalue weighted by atomic mass is 32.1. The van der Waals surface area contributed by atoms with Crippen LogP contribution >= 0.6 is 11.3 Å². The minimum atomic E-state index is -0.401. The number of aryl methyl sites for hydroxylation is 3. The van der Waals surface area contributed by atoms with Crippen molar-refractivity contribution in [2.45, 2.75) is 59.6 Å². The molecule has 2 aromatic rings. The third-order valence-corrected chi connectivity index (χ3v) is 5.55. The monoisotopic (exact) mass is 374 g/mol. The molecule has 2 atom stereocenters. The zero-order chi connectivity index (χ0) is 19.3. The van der Waals surface area contributed by atoms with Crippen molar-refractivity contribution in [3.05, 3.63) is 51.0 Å². The first-order valence-electron chi connectivity index (χ1n) is 8.79. The van der Waals surface area contributed by atoms with Gasteiger partial charge in [0.25, 0.3) is 0 Å². The van der Waals surface area contributed by atoms with E-state index in [1.54, 1.807) is 11.3 Å². The van der Waals surface area contributed by atoms with Gasteiger partial charge in [0.1, 0.15) is 6.10 Å². The molecule has 1 aromatic heterocycles. The van der Waals surface area contributed by atoms with E-state index >= 15 is 0 Å². The molecule has 0 aliphatic rings. The van der Waals surface area contributed by atoms with Gasteiger partial charge in [-0.15, -0.1) is 11.3 Å². The molecule has 1 N–H and O–H groups in total. The Morgan fingerprint density at radius 1 is 1.23 bits per heavy atom. The quantitative estimate of drug-likeness (QED) is 0.738. The van der Waals surface area contributed by atoms with E-state index in [9.17, 15) is 9.59 Å². The average molecular weight is 375 g/mol. The molecule has 6 heteroatoms. The van der Waals surface area contributed by atoms with E-state index in [1.165, 1.54) is 6.92 Å². The van der Waals surface area contributed by atoms with Crippen molar-refractivity contribution >= 4 is 23.2 Å². The first kappa shape index (κ1) is 20.1. The van der Waals surface area contributed by atoms with Gasteiger partial charge < -0.3 is 10.1 Å². The first-order chi connectivity index (χ1) is 12.3. The Hall–Kier alpha value is -2.21. The summed E-state index contributed by atoms with van der Waals surface area (Å²) in [6, 6.07) is 7.37. The van der Waals surface area contributed by atoms with Gasteiger partial charge in [0.15, 0.2) is 0 Å². The molecule has 5 nitrogen and oxygen atoms in total. The Labute approximate surface area is 158 Å². The summed E-state index contributed by atoms with van der Waals surface area (Å²) >= 11 is 1.58. The summed E-state index contributed by atoms with van der Waals surface area (Å²) in [6.45, 7) is 9.29. The standard InChI is InChI=1S/C20H26N2O3S/c1-6-18-21-13(3)20(26-18)14(4)25-19(24)11-17(22-15(5)23)16-9-7-12(2)8-10-16/h7-10,14,17H,6,11H2,1-5H3,(H,22,23)/t14-,17+/m1/s1. The lowest BCUT2D eigenvalue weighted by atomic mass is 10.0. The van der Waals surface area contributed by atoms with Crippen LogP contribution in [0.5, 0.6) is 0 Å². The molecule has 1 amide bonds. The summed E-state index contributed by atoms with van der Waals surface area (Å²) in [6.07, 6.45) is 0.603. The maximum Gasteiger partial charge on any atom is 0.308 e. The maximum atomic E-state index is 12.5. The second-order valence-electron chi connectivity index (χ2n) is 6.41. The van der Waals surface area contributed by atoms with Crippen LogP contribution in [0, 0.1) is 13.8 Å². The SMILES string of the molecule is CCc1nc(C)c([C@@H](C)OC(=O)C[C@H](NC(C)=O)c2ccc(C)cc2)s1. The van der Waals surface area contributed by atoms with Gasteiger partial charge in [-0.05, 0) is 32.8 Å². The minimum absolute atomic E-state index is 0.0888. The van der Waals surface area contributed by atoms with Gasteiger partial charge in [-0.25, -0.2) is 4.98 Å². The number of rotatable bonds is 7. The number of carbonyl (C=O) groups excluding carboxylic acids is 2. The van der Waals surface area contributed by atoms with E-state index in [4.69, 9.17) is 4.74 Å². The normalized spacial score (nSPS) is 13.1. The van der Waals surface area contributed by atoms with Gasteiger partial charge in [0.2, 0.25) is 5.91 Å². The summed E-state index contributed by atoms with van der Waals surface area (Å²) in [5, 5.41) is 3.87. The molecule has 0 fully saturated rings. The number of aromatic nitrogens is 1. The molecule has 2 rings (SSSR count). The zero-order valence-corrected chi connectivity index (χ0v) is 16.8. The average Bonchev–Trinajstić information content (AvgIpc) is 2.95. The summed E-state index contributed by atoms with van der Waals surface area (Å²) in [5.41, 5.74) is 2.92. The molecule has 26 heavy (non-hydrogen) atoms. The number of amides is 1. The Morgan fingerprint density at radius 3 is 2.42 bits per heavy atom. The van der Waals surface area contributed by atoms with Crippen LogP contribution in [-0.4, -0.2) is 16.9 Å². The van der Waals surface area contributed by atoms with E-state index in [-0.39, 0.29) is 24.4 Å². The summed E-state index contributed by atoms with van der Waals surface area (Å²) in [5.74, 6) is -0.523. The van der Waals surface area contributed by atoms with Crippen LogP contribution in [0.25, 0.3) is 0 Å². The summed E-state index contributed by atoms with van der Waals surface area (Å²) in [4.78, 5) is 29.4. The highest BCUT2D eigenvalue weighted by molar-refractivity contribution is 7.11. The van der Waals surface area contributed by atoms with Gasteiger partial charge in [0.05, 0.1) is 28.0 Å². The van der Waals surface area contributed by atoms with Crippen LogP contribution in [0.15, 0.2) is 24.3 Å². The topological polar surface area (TPSA) is 68.3 Å². The van der Waals surface area contributed by atoms with E-state index in [0.29, 0.717) is 0 Å². The Bertz CT molecular complexity index is 768. The number of ether oxygens (including phenoxy) is 1. The van der Waals surface area contributed by atoms with Crippen molar-refractivity contribution in [3.63, 3.8) is 0 Å². The number of benzene rings is 1. The lowest BCUT2D eigenvalue weighted by molar-refractivity contribution is -0.149. The van der Waals surface area contributed by atoms with E-state index in [2.05, 4.69) is 17.2 Å². The van der Waals surface area contributed by atoms with Crippen LogP contribution < -0.4 is 5.32 Å². The van der Waals surface area contributed by atoms with Gasteiger partial charge in [-0.2, -0.15) is 0 Å². The molecule has 1 aromatic carbocycles. The molecule has 0 aliphatic heterocycles. The molecule has 0 unspecified atom stereocenters. The van der Waals surface area contributed by atoms with E-state index < -0.39 is 6.04 Å². The van der Waals surface area contributed by atoms with Gasteiger partial charge >= 0.3 is 5.97 Å². The highest BCUT2D eigenvalue weighted by Gasteiger charge is 2.22. The fourth-order valence-corrected chi connectivity index (χ4v) is 3.74. The highest BCUT2D eigenvalue weighted by Crippen LogP contribution is 2.29. The number of nitrogens with one attached hydrogen (secondary N) is 1. The predicted octanol–water partition coefficient (Wildman–Crippen LogP) is 4.19. The number of nitrogens with zero attached hydrogens (tertiary/aromatic N) is 1. The van der Waals surface area contributed by atoms with Crippen LogP contribution in [-0.2, 0) is 20.7 Å². The smallest absolute Gasteiger partial charge is 0.308 e. The largest absolute Gasteiger partial charge is 0.457 e. The molecule has 1 heterocycles. The van der Waals surface area contributed by atoms with Crippen molar-refractivity contribution in [3.8, 4) is 0 Å². The van der Waals surface area contributed by atoms with Crippen molar-refractivity contribution < 1.29 is 14.3 Å². The molecule has 140 valence electrons. The van der Waals surface area contributed by atoms with Gasteiger partial charge in [-0.1, -0.05) is 36.8 Å². The third kappa shape index (κ3) is 5.39. The molecular weight excluding hydrogens is 348 g/mol. The Kier molecular flexibility index (Phi) is 6.91.